The standard InChI is InChI=1S/C15H20N4O3S/c20-15(19-6-5-12-2-3-13(10-19)16-12)11-1-4-14-17-23(21,22)8-7-18(14)9-11/h1,4,9,12-13,16H,2-3,5-8,10H2. The largest absolute Gasteiger partial charge is 0.337 e. The van der Waals surface area contributed by atoms with Crippen molar-refractivity contribution in [2.24, 2.45) is 4.40 Å². The lowest BCUT2D eigenvalue weighted by Crippen LogP contribution is -2.41. The first-order valence-electron chi connectivity index (χ1n) is 8.05. The molecule has 4 aliphatic heterocycles. The number of hydrogen-bond donors (Lipinski definition) is 1. The maximum absolute atomic E-state index is 12.8. The molecule has 0 saturated carbocycles. The van der Waals surface area contributed by atoms with Crippen LogP contribution < -0.4 is 5.32 Å². The molecular weight excluding hydrogens is 316 g/mol. The van der Waals surface area contributed by atoms with Crippen molar-refractivity contribution in [3.8, 4) is 0 Å². The summed E-state index contributed by atoms with van der Waals surface area (Å²) in [6.45, 7) is 1.86. The summed E-state index contributed by atoms with van der Waals surface area (Å²) in [6.07, 6.45) is 8.35. The Morgan fingerprint density at radius 1 is 1.17 bits per heavy atom. The van der Waals surface area contributed by atoms with E-state index in [2.05, 4.69) is 9.71 Å². The fourth-order valence-corrected chi connectivity index (χ4v) is 4.61. The van der Waals surface area contributed by atoms with Gasteiger partial charge >= 0.3 is 0 Å². The lowest BCUT2D eigenvalue weighted by Gasteiger charge is -2.29. The number of carbonyl (C=O) groups is 1. The first-order valence-corrected chi connectivity index (χ1v) is 9.66. The van der Waals surface area contributed by atoms with Gasteiger partial charge in [-0.2, -0.15) is 0 Å². The summed E-state index contributed by atoms with van der Waals surface area (Å²) in [5.41, 5.74) is 0.598. The third-order valence-corrected chi connectivity index (χ3v) is 6.05. The minimum Gasteiger partial charge on any atom is -0.337 e. The minimum absolute atomic E-state index is 0.0142. The van der Waals surface area contributed by atoms with E-state index in [0.29, 0.717) is 30.0 Å². The van der Waals surface area contributed by atoms with Crippen LogP contribution in [0.2, 0.25) is 0 Å². The quantitative estimate of drug-likeness (QED) is 0.719. The van der Waals surface area contributed by atoms with E-state index in [1.165, 1.54) is 6.42 Å². The number of amides is 1. The van der Waals surface area contributed by atoms with Crippen LogP contribution in [0.4, 0.5) is 0 Å². The molecule has 1 amide bonds. The maximum Gasteiger partial charge on any atom is 0.256 e. The number of hydrogen-bond acceptors (Lipinski definition) is 5. The Bertz CT molecular complexity index is 725. The Morgan fingerprint density at radius 2 is 2.00 bits per heavy atom. The molecule has 2 saturated heterocycles. The Hall–Kier alpha value is -1.67. The summed E-state index contributed by atoms with van der Waals surface area (Å²) >= 11 is 0. The number of nitrogens with one attached hydrogen (secondary N) is 1. The van der Waals surface area contributed by atoms with Gasteiger partial charge in [0.1, 0.15) is 5.84 Å². The van der Waals surface area contributed by atoms with Crippen LogP contribution in [0.25, 0.3) is 0 Å². The Labute approximate surface area is 135 Å². The van der Waals surface area contributed by atoms with Crippen LogP contribution in [-0.4, -0.2) is 67.4 Å². The van der Waals surface area contributed by atoms with Crippen molar-refractivity contribution < 1.29 is 13.2 Å². The number of amidine groups is 1. The third kappa shape index (κ3) is 2.92. The second-order valence-electron chi connectivity index (χ2n) is 6.52. The summed E-state index contributed by atoms with van der Waals surface area (Å²) in [7, 11) is -3.36. The molecule has 4 heterocycles. The number of nitrogens with zero attached hydrogens (tertiary/aromatic N) is 3. The van der Waals surface area contributed by atoms with Gasteiger partial charge in [0.25, 0.3) is 15.9 Å². The zero-order valence-corrected chi connectivity index (χ0v) is 13.6. The molecule has 2 bridgehead atoms. The van der Waals surface area contributed by atoms with E-state index in [9.17, 15) is 13.2 Å². The first-order chi connectivity index (χ1) is 11.0. The van der Waals surface area contributed by atoms with Gasteiger partial charge in [0, 0.05) is 37.9 Å². The fourth-order valence-electron chi connectivity index (χ4n) is 3.64. The van der Waals surface area contributed by atoms with E-state index >= 15 is 0 Å². The van der Waals surface area contributed by atoms with Crippen LogP contribution in [0.5, 0.6) is 0 Å². The zero-order chi connectivity index (χ0) is 16.0. The van der Waals surface area contributed by atoms with Gasteiger partial charge in [0.15, 0.2) is 0 Å². The molecule has 0 aromatic rings. The highest BCUT2D eigenvalue weighted by atomic mass is 32.2. The number of sulfonamides is 1. The molecule has 23 heavy (non-hydrogen) atoms. The minimum atomic E-state index is -3.36. The van der Waals surface area contributed by atoms with Crippen LogP contribution in [0.1, 0.15) is 19.3 Å². The van der Waals surface area contributed by atoms with Crippen molar-refractivity contribution >= 4 is 21.8 Å². The molecule has 2 atom stereocenters. The van der Waals surface area contributed by atoms with Gasteiger partial charge in [-0.15, -0.1) is 4.40 Å². The summed E-state index contributed by atoms with van der Waals surface area (Å²) in [6, 6.07) is 0.941. The van der Waals surface area contributed by atoms with Gasteiger partial charge in [-0.3, -0.25) is 4.79 Å². The van der Waals surface area contributed by atoms with Gasteiger partial charge in [-0.05, 0) is 31.4 Å². The molecule has 0 aromatic carbocycles. The van der Waals surface area contributed by atoms with Crippen molar-refractivity contribution in [3.05, 3.63) is 23.9 Å². The molecule has 0 aliphatic carbocycles. The third-order valence-electron chi connectivity index (χ3n) is 4.88. The second kappa shape index (κ2) is 5.45. The van der Waals surface area contributed by atoms with Gasteiger partial charge in [-0.25, -0.2) is 8.42 Å². The Balaban J connectivity index is 1.52. The van der Waals surface area contributed by atoms with E-state index in [1.54, 1.807) is 23.3 Å². The molecular formula is C15H20N4O3S. The van der Waals surface area contributed by atoms with Crippen LogP contribution in [0, 0.1) is 0 Å². The molecule has 4 rings (SSSR count). The van der Waals surface area contributed by atoms with E-state index in [0.717, 1.165) is 25.9 Å². The van der Waals surface area contributed by atoms with Crippen LogP contribution >= 0.6 is 0 Å². The van der Waals surface area contributed by atoms with Crippen molar-refractivity contribution in [2.75, 3.05) is 25.4 Å². The molecule has 0 spiro atoms. The van der Waals surface area contributed by atoms with Gasteiger partial charge in [0.2, 0.25) is 0 Å². The van der Waals surface area contributed by atoms with Gasteiger partial charge < -0.3 is 15.1 Å². The molecule has 8 heteroatoms. The Kier molecular flexibility index (Phi) is 3.53. The summed E-state index contributed by atoms with van der Waals surface area (Å²) < 4.78 is 26.8. The number of carbonyl (C=O) groups excluding carboxylic acids is 1. The lowest BCUT2D eigenvalue weighted by atomic mass is 10.1. The summed E-state index contributed by atoms with van der Waals surface area (Å²) in [5, 5.41) is 3.57. The average Bonchev–Trinajstić information content (AvgIpc) is 2.84. The molecule has 4 aliphatic rings. The fraction of sp³-hybridized carbons (Fsp3) is 0.600. The molecule has 124 valence electrons. The second-order valence-corrected chi connectivity index (χ2v) is 8.28. The highest BCUT2D eigenvalue weighted by Crippen LogP contribution is 2.23. The Morgan fingerprint density at radius 3 is 2.87 bits per heavy atom. The first kappa shape index (κ1) is 14.9. The van der Waals surface area contributed by atoms with E-state index in [1.807, 2.05) is 4.90 Å². The average molecular weight is 336 g/mol. The summed E-state index contributed by atoms with van der Waals surface area (Å²) in [4.78, 5) is 16.4. The van der Waals surface area contributed by atoms with Crippen molar-refractivity contribution in [1.82, 2.24) is 15.1 Å². The van der Waals surface area contributed by atoms with Crippen molar-refractivity contribution in [2.45, 2.75) is 31.3 Å². The molecule has 0 radical (unpaired) electrons. The van der Waals surface area contributed by atoms with E-state index < -0.39 is 10.0 Å². The van der Waals surface area contributed by atoms with Crippen LogP contribution in [-0.2, 0) is 14.8 Å². The highest BCUT2D eigenvalue weighted by Gasteiger charge is 2.33. The molecule has 2 fully saturated rings. The number of fused-ring (bicyclic) bond motifs is 3. The van der Waals surface area contributed by atoms with Gasteiger partial charge in [-0.1, -0.05) is 0 Å². The van der Waals surface area contributed by atoms with Crippen LogP contribution in [0.15, 0.2) is 28.3 Å². The molecule has 2 unspecified atom stereocenters. The normalized spacial score (nSPS) is 32.0. The van der Waals surface area contributed by atoms with Gasteiger partial charge in [0.05, 0.1) is 11.3 Å². The molecule has 1 N–H and O–H groups in total. The van der Waals surface area contributed by atoms with Crippen LogP contribution in [0.3, 0.4) is 0 Å². The predicted molar refractivity (Wildman–Crippen MR) is 86.3 cm³/mol. The van der Waals surface area contributed by atoms with E-state index in [4.69, 9.17) is 0 Å². The lowest BCUT2D eigenvalue weighted by molar-refractivity contribution is -0.127. The van der Waals surface area contributed by atoms with Crippen molar-refractivity contribution in [3.63, 3.8) is 0 Å². The predicted octanol–water partition coefficient (Wildman–Crippen LogP) is -0.163. The zero-order valence-electron chi connectivity index (χ0n) is 12.8. The monoisotopic (exact) mass is 336 g/mol. The maximum atomic E-state index is 12.8. The summed E-state index contributed by atoms with van der Waals surface area (Å²) in [5.74, 6) is 0.396. The number of rotatable bonds is 1. The highest BCUT2D eigenvalue weighted by molar-refractivity contribution is 7.90. The topological polar surface area (TPSA) is 82.1 Å². The van der Waals surface area contributed by atoms with Crippen molar-refractivity contribution in [1.29, 1.82) is 0 Å². The molecule has 7 nitrogen and oxygen atoms in total. The molecule has 0 aromatic heterocycles. The SMILES string of the molecule is O=C(C1=CN2CCS(=O)(=O)N=C2C=C1)N1CCC2CCC(C1)N2. The number of likely N-dealkylation sites (tertiary alicyclic amines) is 1. The smallest absolute Gasteiger partial charge is 0.256 e. The van der Waals surface area contributed by atoms with E-state index in [-0.39, 0.29) is 11.7 Å².